The first-order chi connectivity index (χ1) is 11.3. The minimum absolute atomic E-state index is 0.0927. The predicted octanol–water partition coefficient (Wildman–Crippen LogP) is 2.28. The first-order valence-electron chi connectivity index (χ1n) is 7.90. The van der Waals surface area contributed by atoms with Crippen molar-refractivity contribution in [2.75, 3.05) is 0 Å². The van der Waals surface area contributed by atoms with Crippen molar-refractivity contribution in [3.8, 4) is 0 Å². The molecule has 0 bridgehead atoms. The lowest BCUT2D eigenvalue weighted by Crippen LogP contribution is -2.37. The molecule has 0 heterocycles. The molecule has 7 heteroatoms. The van der Waals surface area contributed by atoms with Crippen LogP contribution in [0.15, 0.2) is 24.3 Å². The Morgan fingerprint density at radius 1 is 1.25 bits per heavy atom. The molecule has 1 aromatic carbocycles. The summed E-state index contributed by atoms with van der Waals surface area (Å²) < 4.78 is 0. The zero-order chi connectivity index (χ0) is 17.7. The number of carboxylic acid groups (broad SMARTS) is 1. The van der Waals surface area contributed by atoms with E-state index in [1.165, 1.54) is 6.92 Å². The van der Waals surface area contributed by atoms with Gasteiger partial charge in [-0.3, -0.25) is 14.4 Å². The summed E-state index contributed by atoms with van der Waals surface area (Å²) in [5.41, 5.74) is 0.791. The summed E-state index contributed by atoms with van der Waals surface area (Å²) in [7, 11) is 0. The average molecular weight is 353 g/mol. The second-order valence-electron chi connectivity index (χ2n) is 6.12. The Morgan fingerprint density at radius 2 is 1.92 bits per heavy atom. The number of rotatable bonds is 6. The highest BCUT2D eigenvalue weighted by Crippen LogP contribution is 2.26. The minimum atomic E-state index is -0.816. The molecule has 3 N–H and O–H groups in total. The molecule has 1 saturated carbocycles. The van der Waals surface area contributed by atoms with E-state index in [1.807, 2.05) is 0 Å². The molecule has 0 aliphatic heterocycles. The Kier molecular flexibility index (Phi) is 6.20. The Bertz CT molecular complexity index is 618. The van der Waals surface area contributed by atoms with E-state index in [1.54, 1.807) is 24.3 Å². The lowest BCUT2D eigenvalue weighted by molar-refractivity contribution is -0.141. The largest absolute Gasteiger partial charge is 0.481 e. The van der Waals surface area contributed by atoms with Gasteiger partial charge in [0.05, 0.1) is 18.4 Å². The lowest BCUT2D eigenvalue weighted by atomic mass is 10.0. The van der Waals surface area contributed by atoms with Gasteiger partial charge in [-0.05, 0) is 37.0 Å². The third-order valence-electron chi connectivity index (χ3n) is 4.19. The molecular weight excluding hydrogens is 332 g/mol. The van der Waals surface area contributed by atoms with Crippen molar-refractivity contribution in [1.29, 1.82) is 0 Å². The highest BCUT2D eigenvalue weighted by Gasteiger charge is 2.31. The molecule has 0 spiro atoms. The fourth-order valence-electron chi connectivity index (χ4n) is 3.00. The molecule has 1 aromatic rings. The SMILES string of the molecule is CC(=O)NC(CC(=O)N[C@@H]1CC[C@H](C(=O)O)C1)c1ccc(Cl)cc1. The number of aliphatic carboxylic acids is 1. The number of carbonyl (C=O) groups is 3. The Hall–Kier alpha value is -2.08. The summed E-state index contributed by atoms with van der Waals surface area (Å²) >= 11 is 5.87. The topological polar surface area (TPSA) is 95.5 Å². The Morgan fingerprint density at radius 3 is 2.46 bits per heavy atom. The smallest absolute Gasteiger partial charge is 0.306 e. The van der Waals surface area contributed by atoms with Crippen molar-refractivity contribution in [2.45, 2.75) is 44.7 Å². The molecule has 24 heavy (non-hydrogen) atoms. The van der Waals surface area contributed by atoms with E-state index in [4.69, 9.17) is 16.7 Å². The minimum Gasteiger partial charge on any atom is -0.481 e. The number of carboxylic acids is 1. The number of nitrogens with one attached hydrogen (secondary N) is 2. The molecule has 0 aromatic heterocycles. The molecule has 6 nitrogen and oxygen atoms in total. The van der Waals surface area contributed by atoms with Gasteiger partial charge in [0.1, 0.15) is 0 Å². The van der Waals surface area contributed by atoms with Crippen LogP contribution in [-0.4, -0.2) is 28.9 Å². The molecule has 1 fully saturated rings. The van der Waals surface area contributed by atoms with E-state index >= 15 is 0 Å². The summed E-state index contributed by atoms with van der Waals surface area (Å²) in [6.07, 6.45) is 1.78. The van der Waals surface area contributed by atoms with Crippen LogP contribution in [0.25, 0.3) is 0 Å². The van der Waals surface area contributed by atoms with Gasteiger partial charge in [0.2, 0.25) is 11.8 Å². The summed E-state index contributed by atoms with van der Waals surface area (Å²) in [6.45, 7) is 1.40. The molecule has 0 radical (unpaired) electrons. The summed E-state index contributed by atoms with van der Waals surface area (Å²) in [6, 6.07) is 6.38. The van der Waals surface area contributed by atoms with Gasteiger partial charge < -0.3 is 15.7 Å². The predicted molar refractivity (Wildman–Crippen MR) is 89.5 cm³/mol. The zero-order valence-corrected chi connectivity index (χ0v) is 14.2. The van der Waals surface area contributed by atoms with Crippen LogP contribution < -0.4 is 10.6 Å². The Labute approximate surface area is 145 Å². The number of carbonyl (C=O) groups excluding carboxylic acids is 2. The number of halogens is 1. The first kappa shape index (κ1) is 18.3. The fourth-order valence-corrected chi connectivity index (χ4v) is 3.13. The summed E-state index contributed by atoms with van der Waals surface area (Å²) in [5.74, 6) is -1.64. The van der Waals surface area contributed by atoms with Crippen LogP contribution in [0.4, 0.5) is 0 Å². The second kappa shape index (κ2) is 8.15. The highest BCUT2D eigenvalue weighted by molar-refractivity contribution is 6.30. The van der Waals surface area contributed by atoms with E-state index in [0.29, 0.717) is 24.3 Å². The molecule has 2 amide bonds. The molecular formula is C17H21ClN2O4. The van der Waals surface area contributed by atoms with E-state index in [0.717, 1.165) is 5.56 Å². The van der Waals surface area contributed by atoms with E-state index in [2.05, 4.69) is 10.6 Å². The number of amides is 2. The molecule has 2 rings (SSSR count). The Balaban J connectivity index is 1.96. The van der Waals surface area contributed by atoms with Crippen LogP contribution >= 0.6 is 11.6 Å². The van der Waals surface area contributed by atoms with Crippen LogP contribution in [0.3, 0.4) is 0 Å². The lowest BCUT2D eigenvalue weighted by Gasteiger charge is -2.20. The van der Waals surface area contributed by atoms with Gasteiger partial charge in [-0.1, -0.05) is 23.7 Å². The molecule has 1 unspecified atom stereocenters. The maximum absolute atomic E-state index is 12.3. The third-order valence-corrected chi connectivity index (χ3v) is 4.44. The first-order valence-corrected chi connectivity index (χ1v) is 8.27. The number of benzene rings is 1. The van der Waals surface area contributed by atoms with E-state index < -0.39 is 17.9 Å². The van der Waals surface area contributed by atoms with Crippen molar-refractivity contribution in [3.05, 3.63) is 34.9 Å². The van der Waals surface area contributed by atoms with Gasteiger partial charge >= 0.3 is 5.97 Å². The third kappa shape index (κ3) is 5.23. The number of hydrogen-bond acceptors (Lipinski definition) is 3. The van der Waals surface area contributed by atoms with Gasteiger partial charge in [-0.25, -0.2) is 0 Å². The summed E-state index contributed by atoms with van der Waals surface area (Å²) in [4.78, 5) is 34.6. The van der Waals surface area contributed by atoms with Crippen molar-refractivity contribution in [3.63, 3.8) is 0 Å². The van der Waals surface area contributed by atoms with Crippen LogP contribution in [0.2, 0.25) is 5.02 Å². The van der Waals surface area contributed by atoms with Crippen LogP contribution in [0.1, 0.15) is 44.2 Å². The molecule has 0 saturated heterocycles. The molecule has 3 atom stereocenters. The maximum Gasteiger partial charge on any atom is 0.306 e. The van der Waals surface area contributed by atoms with Gasteiger partial charge in [0.25, 0.3) is 0 Å². The van der Waals surface area contributed by atoms with Crippen molar-refractivity contribution in [1.82, 2.24) is 10.6 Å². The molecule has 130 valence electrons. The van der Waals surface area contributed by atoms with Crippen LogP contribution in [0.5, 0.6) is 0 Å². The molecule has 1 aliphatic rings. The normalized spacial score (nSPS) is 21.1. The van der Waals surface area contributed by atoms with Crippen molar-refractivity contribution < 1.29 is 19.5 Å². The van der Waals surface area contributed by atoms with Gasteiger partial charge in [0, 0.05) is 18.0 Å². The quantitative estimate of drug-likeness (QED) is 0.731. The van der Waals surface area contributed by atoms with Gasteiger partial charge in [-0.2, -0.15) is 0 Å². The van der Waals surface area contributed by atoms with Crippen molar-refractivity contribution >= 4 is 29.4 Å². The van der Waals surface area contributed by atoms with E-state index in [-0.39, 0.29) is 24.3 Å². The zero-order valence-electron chi connectivity index (χ0n) is 13.4. The van der Waals surface area contributed by atoms with E-state index in [9.17, 15) is 14.4 Å². The van der Waals surface area contributed by atoms with Gasteiger partial charge in [-0.15, -0.1) is 0 Å². The fraction of sp³-hybridized carbons (Fsp3) is 0.471. The summed E-state index contributed by atoms with van der Waals surface area (Å²) in [5, 5.41) is 15.2. The van der Waals surface area contributed by atoms with Crippen molar-refractivity contribution in [2.24, 2.45) is 5.92 Å². The molecule has 1 aliphatic carbocycles. The van der Waals surface area contributed by atoms with Gasteiger partial charge in [0.15, 0.2) is 0 Å². The van der Waals surface area contributed by atoms with Crippen LogP contribution in [-0.2, 0) is 14.4 Å². The maximum atomic E-state index is 12.3. The standard InChI is InChI=1S/C17H21ClN2O4/c1-10(21)19-15(11-2-5-13(18)6-3-11)9-16(22)20-14-7-4-12(8-14)17(23)24/h2-3,5-6,12,14-15H,4,7-9H2,1H3,(H,19,21)(H,20,22)(H,23,24)/t12-,14+,15?/m0/s1. The average Bonchev–Trinajstić information content (AvgIpc) is 2.95. The highest BCUT2D eigenvalue weighted by atomic mass is 35.5. The second-order valence-corrected chi connectivity index (χ2v) is 6.56. The van der Waals surface area contributed by atoms with Crippen LogP contribution in [0, 0.1) is 5.92 Å². The number of hydrogen-bond donors (Lipinski definition) is 3. The monoisotopic (exact) mass is 352 g/mol.